The highest BCUT2D eigenvalue weighted by Crippen LogP contribution is 2.45. The number of aromatic nitrogens is 1. The zero-order valence-corrected chi connectivity index (χ0v) is 18.6. The summed E-state index contributed by atoms with van der Waals surface area (Å²) < 4.78 is 2.65. The number of para-hydroxylation sites is 1. The van der Waals surface area contributed by atoms with E-state index in [0.29, 0.717) is 5.92 Å². The molecule has 0 amide bonds. The predicted molar refractivity (Wildman–Crippen MR) is 127 cm³/mol. The number of hydrogen-bond donors (Lipinski definition) is 0. The van der Waals surface area contributed by atoms with Gasteiger partial charge in [0.25, 0.3) is 0 Å². The van der Waals surface area contributed by atoms with Crippen LogP contribution in [0.5, 0.6) is 0 Å². The Kier molecular flexibility index (Phi) is 5.66. The van der Waals surface area contributed by atoms with E-state index in [2.05, 4.69) is 77.0 Å². The average molecular weight is 402 g/mol. The summed E-state index contributed by atoms with van der Waals surface area (Å²) in [5, 5.41) is 1.50. The molecule has 1 aliphatic heterocycles. The maximum atomic E-state index is 2.65. The van der Waals surface area contributed by atoms with Gasteiger partial charge in [-0.05, 0) is 50.0 Å². The fraction of sp³-hybridized carbons (Fsp3) is 0.481. The second kappa shape index (κ2) is 8.56. The molecule has 0 bridgehead atoms. The van der Waals surface area contributed by atoms with E-state index >= 15 is 0 Å². The summed E-state index contributed by atoms with van der Waals surface area (Å²) in [6.45, 7) is 5.46. The first-order valence-corrected chi connectivity index (χ1v) is 11.8. The second-order valence-electron chi connectivity index (χ2n) is 9.50. The van der Waals surface area contributed by atoms with Gasteiger partial charge in [-0.2, -0.15) is 0 Å². The van der Waals surface area contributed by atoms with Gasteiger partial charge in [0.2, 0.25) is 0 Å². The van der Waals surface area contributed by atoms with Crippen molar-refractivity contribution < 1.29 is 0 Å². The van der Waals surface area contributed by atoms with Crippen LogP contribution in [0.2, 0.25) is 0 Å². The molecule has 1 aromatic heterocycles. The minimum absolute atomic E-state index is 0.706. The molecular weight excluding hydrogens is 366 g/mol. The normalized spacial score (nSPS) is 18.2. The number of likely N-dealkylation sites (N-methyl/N-ethyl adjacent to an activating group) is 1. The first-order valence-electron chi connectivity index (χ1n) is 11.8. The van der Waals surface area contributed by atoms with E-state index in [9.17, 15) is 0 Å². The Balaban J connectivity index is 1.67. The number of benzene rings is 2. The van der Waals surface area contributed by atoms with Crippen LogP contribution < -0.4 is 0 Å². The molecule has 158 valence electrons. The fourth-order valence-corrected chi connectivity index (χ4v) is 5.64. The Morgan fingerprint density at radius 2 is 1.67 bits per heavy atom. The SMILES string of the molecule is CN(C)CCN1CCn2c(c(C3CCCCC3)c3ccccc32)-c2ccccc2C1. The van der Waals surface area contributed by atoms with Crippen molar-refractivity contribution in [2.24, 2.45) is 0 Å². The van der Waals surface area contributed by atoms with E-state index in [1.165, 1.54) is 59.8 Å². The van der Waals surface area contributed by atoms with Gasteiger partial charge in [-0.3, -0.25) is 4.90 Å². The Hall–Kier alpha value is -2.10. The molecule has 2 aliphatic rings. The lowest BCUT2D eigenvalue weighted by Gasteiger charge is -2.30. The molecular formula is C27H35N3. The van der Waals surface area contributed by atoms with Crippen LogP contribution in [0.15, 0.2) is 48.5 Å². The van der Waals surface area contributed by atoms with E-state index in [1.807, 2.05) is 0 Å². The summed E-state index contributed by atoms with van der Waals surface area (Å²) in [4.78, 5) is 4.93. The van der Waals surface area contributed by atoms with Crippen LogP contribution in [0.3, 0.4) is 0 Å². The van der Waals surface area contributed by atoms with Gasteiger partial charge in [0.1, 0.15) is 0 Å². The van der Waals surface area contributed by atoms with Gasteiger partial charge in [0.05, 0.1) is 5.69 Å². The van der Waals surface area contributed by atoms with Gasteiger partial charge in [-0.25, -0.2) is 0 Å². The lowest BCUT2D eigenvalue weighted by molar-refractivity contribution is 0.225. The highest BCUT2D eigenvalue weighted by molar-refractivity contribution is 5.93. The van der Waals surface area contributed by atoms with Gasteiger partial charge >= 0.3 is 0 Å². The summed E-state index contributed by atoms with van der Waals surface area (Å²) in [5.41, 5.74) is 7.53. The molecule has 1 fully saturated rings. The van der Waals surface area contributed by atoms with Gasteiger partial charge in [0.15, 0.2) is 0 Å². The topological polar surface area (TPSA) is 11.4 Å². The molecule has 1 saturated carbocycles. The Bertz CT molecular complexity index is 1010. The van der Waals surface area contributed by atoms with Crippen LogP contribution in [-0.4, -0.2) is 48.1 Å². The summed E-state index contributed by atoms with van der Waals surface area (Å²) in [6.07, 6.45) is 6.85. The van der Waals surface area contributed by atoms with Crippen molar-refractivity contribution >= 4 is 10.9 Å². The molecule has 0 radical (unpaired) electrons. The van der Waals surface area contributed by atoms with E-state index in [0.717, 1.165) is 32.7 Å². The standard InChI is InChI=1S/C27H35N3/c1-28(2)16-17-29-18-19-30-25-15-9-8-14-24(25)26(21-10-4-3-5-11-21)27(30)23-13-7-6-12-22(23)20-29/h6-9,12-15,21H,3-5,10-11,16-20H2,1-2H3. The lowest BCUT2D eigenvalue weighted by Crippen LogP contribution is -2.35. The molecule has 3 aromatic rings. The molecule has 0 unspecified atom stereocenters. The first kappa shape index (κ1) is 19.8. The third-order valence-corrected chi connectivity index (χ3v) is 7.19. The zero-order valence-electron chi connectivity index (χ0n) is 18.6. The maximum absolute atomic E-state index is 2.65. The number of hydrogen-bond acceptors (Lipinski definition) is 2. The van der Waals surface area contributed by atoms with Crippen LogP contribution in [0.25, 0.3) is 22.2 Å². The monoisotopic (exact) mass is 401 g/mol. The number of rotatable bonds is 4. The smallest absolute Gasteiger partial charge is 0.0530 e. The van der Waals surface area contributed by atoms with Gasteiger partial charge in [-0.1, -0.05) is 61.7 Å². The molecule has 30 heavy (non-hydrogen) atoms. The van der Waals surface area contributed by atoms with Crippen molar-refractivity contribution in [1.29, 1.82) is 0 Å². The van der Waals surface area contributed by atoms with Crippen LogP contribution in [-0.2, 0) is 13.1 Å². The Labute approximate surface area is 181 Å². The average Bonchev–Trinajstić information content (AvgIpc) is 3.08. The summed E-state index contributed by atoms with van der Waals surface area (Å²) in [7, 11) is 4.35. The van der Waals surface area contributed by atoms with Crippen LogP contribution in [0.1, 0.15) is 49.1 Å². The molecule has 3 heteroatoms. The van der Waals surface area contributed by atoms with Gasteiger partial charge < -0.3 is 9.47 Å². The zero-order chi connectivity index (χ0) is 20.5. The van der Waals surface area contributed by atoms with E-state index in [4.69, 9.17) is 0 Å². The summed E-state index contributed by atoms with van der Waals surface area (Å²) >= 11 is 0. The summed E-state index contributed by atoms with van der Waals surface area (Å²) in [5.74, 6) is 0.706. The lowest BCUT2D eigenvalue weighted by atomic mass is 9.81. The summed E-state index contributed by atoms with van der Waals surface area (Å²) in [6, 6.07) is 18.4. The van der Waals surface area contributed by atoms with E-state index < -0.39 is 0 Å². The number of fused-ring (bicyclic) bond motifs is 5. The molecule has 0 spiro atoms. The molecule has 0 N–H and O–H groups in total. The van der Waals surface area contributed by atoms with Crippen LogP contribution in [0.4, 0.5) is 0 Å². The Morgan fingerprint density at radius 3 is 2.50 bits per heavy atom. The van der Waals surface area contributed by atoms with Crippen molar-refractivity contribution in [3.63, 3.8) is 0 Å². The molecule has 2 aromatic carbocycles. The molecule has 1 aliphatic carbocycles. The highest BCUT2D eigenvalue weighted by atomic mass is 15.2. The maximum Gasteiger partial charge on any atom is 0.0530 e. The molecule has 0 saturated heterocycles. The predicted octanol–water partition coefficient (Wildman–Crippen LogP) is 5.73. The van der Waals surface area contributed by atoms with Crippen molar-refractivity contribution in [2.75, 3.05) is 33.7 Å². The minimum Gasteiger partial charge on any atom is -0.339 e. The minimum atomic E-state index is 0.706. The highest BCUT2D eigenvalue weighted by Gasteiger charge is 2.28. The van der Waals surface area contributed by atoms with Crippen molar-refractivity contribution in [1.82, 2.24) is 14.4 Å². The third kappa shape index (κ3) is 3.70. The first-order chi connectivity index (χ1) is 14.7. The fourth-order valence-electron chi connectivity index (χ4n) is 5.64. The van der Waals surface area contributed by atoms with Gasteiger partial charge in [-0.15, -0.1) is 0 Å². The Morgan fingerprint density at radius 1 is 0.900 bits per heavy atom. The van der Waals surface area contributed by atoms with Gasteiger partial charge in [0, 0.05) is 49.2 Å². The van der Waals surface area contributed by atoms with Crippen molar-refractivity contribution in [3.05, 3.63) is 59.7 Å². The molecule has 5 rings (SSSR count). The largest absolute Gasteiger partial charge is 0.339 e. The van der Waals surface area contributed by atoms with E-state index in [1.54, 1.807) is 5.56 Å². The van der Waals surface area contributed by atoms with Crippen molar-refractivity contribution in [3.8, 4) is 11.3 Å². The molecule has 3 nitrogen and oxygen atoms in total. The molecule has 0 atom stereocenters. The van der Waals surface area contributed by atoms with Crippen molar-refractivity contribution in [2.45, 2.75) is 51.1 Å². The van der Waals surface area contributed by atoms with Crippen LogP contribution >= 0.6 is 0 Å². The van der Waals surface area contributed by atoms with E-state index in [-0.39, 0.29) is 0 Å². The van der Waals surface area contributed by atoms with Crippen LogP contribution in [0, 0.1) is 0 Å². The second-order valence-corrected chi connectivity index (χ2v) is 9.50. The third-order valence-electron chi connectivity index (χ3n) is 7.19. The quantitative estimate of drug-likeness (QED) is 0.553. The number of nitrogens with zero attached hydrogens (tertiary/aromatic N) is 3. The molecule has 2 heterocycles.